The SMILES string of the molecule is COc1ccc(C(CNc2nc3ccccc3o2)N2CCCCC2)cc1. The van der Waals surface area contributed by atoms with Crippen molar-refractivity contribution in [1.29, 1.82) is 0 Å². The van der Waals surface area contributed by atoms with Crippen LogP contribution in [0, 0.1) is 0 Å². The van der Waals surface area contributed by atoms with Gasteiger partial charge in [-0.2, -0.15) is 4.98 Å². The van der Waals surface area contributed by atoms with Gasteiger partial charge in [-0.05, 0) is 55.8 Å². The fraction of sp³-hybridized carbons (Fsp3) is 0.381. The van der Waals surface area contributed by atoms with E-state index in [-0.39, 0.29) is 6.04 Å². The first kappa shape index (κ1) is 16.9. The standard InChI is InChI=1S/C21H25N3O2/c1-25-17-11-9-16(10-12-17)19(24-13-5-2-6-14-24)15-22-21-23-18-7-3-4-8-20(18)26-21/h3-4,7-12,19H,2,5-6,13-15H2,1H3,(H,22,23). The molecule has 1 saturated heterocycles. The zero-order valence-electron chi connectivity index (χ0n) is 15.1. The van der Waals surface area contributed by atoms with Gasteiger partial charge in [-0.1, -0.05) is 30.7 Å². The molecule has 1 aromatic heterocycles. The summed E-state index contributed by atoms with van der Waals surface area (Å²) < 4.78 is 11.1. The Morgan fingerprint density at radius 2 is 1.85 bits per heavy atom. The molecule has 0 bridgehead atoms. The lowest BCUT2D eigenvalue weighted by Gasteiger charge is -2.35. The molecule has 5 heteroatoms. The summed E-state index contributed by atoms with van der Waals surface area (Å²) in [5, 5.41) is 3.41. The molecule has 3 aromatic rings. The maximum atomic E-state index is 5.82. The summed E-state index contributed by atoms with van der Waals surface area (Å²) in [5.41, 5.74) is 2.99. The lowest BCUT2D eigenvalue weighted by Crippen LogP contribution is -2.37. The molecule has 1 atom stereocenters. The van der Waals surface area contributed by atoms with Crippen LogP contribution in [0.5, 0.6) is 5.75 Å². The number of hydrogen-bond acceptors (Lipinski definition) is 5. The number of benzene rings is 2. The first-order valence-electron chi connectivity index (χ1n) is 9.31. The molecule has 1 fully saturated rings. The molecule has 26 heavy (non-hydrogen) atoms. The molecule has 0 saturated carbocycles. The molecule has 4 rings (SSSR count). The Bertz CT molecular complexity index is 805. The number of fused-ring (bicyclic) bond motifs is 1. The van der Waals surface area contributed by atoms with Gasteiger partial charge in [0.25, 0.3) is 6.01 Å². The third-order valence-corrected chi connectivity index (χ3v) is 5.07. The van der Waals surface area contributed by atoms with Gasteiger partial charge in [-0.3, -0.25) is 4.90 Å². The Balaban J connectivity index is 1.53. The van der Waals surface area contributed by atoms with Gasteiger partial charge in [0.1, 0.15) is 11.3 Å². The van der Waals surface area contributed by atoms with E-state index in [1.54, 1.807) is 7.11 Å². The number of nitrogens with zero attached hydrogens (tertiary/aromatic N) is 2. The number of piperidine rings is 1. The molecule has 2 aromatic carbocycles. The highest BCUT2D eigenvalue weighted by Crippen LogP contribution is 2.27. The van der Waals surface area contributed by atoms with E-state index in [0.29, 0.717) is 6.01 Å². The van der Waals surface area contributed by atoms with Gasteiger partial charge in [0.05, 0.1) is 13.2 Å². The van der Waals surface area contributed by atoms with Gasteiger partial charge >= 0.3 is 0 Å². The second-order valence-corrected chi connectivity index (χ2v) is 6.75. The van der Waals surface area contributed by atoms with Crippen molar-refractivity contribution < 1.29 is 9.15 Å². The average molecular weight is 351 g/mol. The van der Waals surface area contributed by atoms with Crippen LogP contribution in [0.4, 0.5) is 6.01 Å². The molecule has 5 nitrogen and oxygen atoms in total. The number of rotatable bonds is 6. The minimum atomic E-state index is 0.288. The predicted octanol–water partition coefficient (Wildman–Crippen LogP) is 4.48. The molecular formula is C21H25N3O2. The fourth-order valence-corrected chi connectivity index (χ4v) is 3.65. The van der Waals surface area contributed by atoms with Gasteiger partial charge < -0.3 is 14.5 Å². The Morgan fingerprint density at radius 3 is 2.58 bits per heavy atom. The molecule has 1 unspecified atom stereocenters. The molecule has 136 valence electrons. The molecule has 0 radical (unpaired) electrons. The first-order chi connectivity index (χ1) is 12.8. The molecule has 0 spiro atoms. The van der Waals surface area contributed by atoms with Crippen molar-refractivity contribution in [3.8, 4) is 5.75 Å². The molecule has 1 aliphatic rings. The molecule has 1 N–H and O–H groups in total. The van der Waals surface area contributed by atoms with Crippen molar-refractivity contribution >= 4 is 17.1 Å². The number of oxazole rings is 1. The van der Waals surface area contributed by atoms with E-state index in [9.17, 15) is 0 Å². The Kier molecular flexibility index (Phi) is 5.07. The van der Waals surface area contributed by atoms with E-state index in [0.717, 1.165) is 36.5 Å². The molecule has 2 heterocycles. The maximum Gasteiger partial charge on any atom is 0.295 e. The number of nitrogens with one attached hydrogen (secondary N) is 1. The number of methoxy groups -OCH3 is 1. The normalized spacial score (nSPS) is 16.5. The van der Waals surface area contributed by atoms with E-state index >= 15 is 0 Å². The van der Waals surface area contributed by atoms with Crippen molar-refractivity contribution in [3.05, 3.63) is 54.1 Å². The van der Waals surface area contributed by atoms with E-state index in [1.165, 1.54) is 24.8 Å². The van der Waals surface area contributed by atoms with Crippen LogP contribution in [0.3, 0.4) is 0 Å². The Labute approximate surface area is 154 Å². The summed E-state index contributed by atoms with van der Waals surface area (Å²) in [7, 11) is 1.70. The summed E-state index contributed by atoms with van der Waals surface area (Å²) in [5.74, 6) is 0.887. The number of likely N-dealkylation sites (tertiary alicyclic amines) is 1. The average Bonchev–Trinajstić information content (AvgIpc) is 3.12. The van der Waals surface area contributed by atoms with Gasteiger partial charge in [0, 0.05) is 6.54 Å². The highest BCUT2D eigenvalue weighted by Gasteiger charge is 2.23. The highest BCUT2D eigenvalue weighted by molar-refractivity contribution is 5.74. The van der Waals surface area contributed by atoms with Crippen molar-refractivity contribution in [2.45, 2.75) is 25.3 Å². The number of anilines is 1. The van der Waals surface area contributed by atoms with Crippen LogP contribution >= 0.6 is 0 Å². The topological polar surface area (TPSA) is 50.5 Å². The van der Waals surface area contributed by atoms with Crippen LogP contribution in [0.1, 0.15) is 30.9 Å². The van der Waals surface area contributed by atoms with Crippen molar-refractivity contribution in [3.63, 3.8) is 0 Å². The van der Waals surface area contributed by atoms with Gasteiger partial charge in [0.15, 0.2) is 5.58 Å². The van der Waals surface area contributed by atoms with Crippen LogP contribution in [0.2, 0.25) is 0 Å². The third kappa shape index (κ3) is 3.68. The van der Waals surface area contributed by atoms with E-state index in [1.807, 2.05) is 36.4 Å². The largest absolute Gasteiger partial charge is 0.497 e. The second-order valence-electron chi connectivity index (χ2n) is 6.75. The first-order valence-corrected chi connectivity index (χ1v) is 9.31. The smallest absolute Gasteiger partial charge is 0.295 e. The summed E-state index contributed by atoms with van der Waals surface area (Å²) in [6, 6.07) is 17.1. The zero-order chi connectivity index (χ0) is 17.8. The second kappa shape index (κ2) is 7.79. The van der Waals surface area contributed by atoms with E-state index in [4.69, 9.17) is 9.15 Å². The number of aromatic nitrogens is 1. The minimum absolute atomic E-state index is 0.288. The van der Waals surface area contributed by atoms with Gasteiger partial charge in [-0.25, -0.2) is 0 Å². The Hall–Kier alpha value is -2.53. The van der Waals surface area contributed by atoms with Crippen LogP contribution in [0.25, 0.3) is 11.1 Å². The van der Waals surface area contributed by atoms with Crippen LogP contribution < -0.4 is 10.1 Å². The summed E-state index contributed by atoms with van der Waals surface area (Å²) in [6.07, 6.45) is 3.84. The summed E-state index contributed by atoms with van der Waals surface area (Å²) in [4.78, 5) is 7.09. The molecule has 1 aliphatic heterocycles. The number of ether oxygens (including phenoxy) is 1. The lowest BCUT2D eigenvalue weighted by molar-refractivity contribution is 0.170. The van der Waals surface area contributed by atoms with Gasteiger partial charge in [-0.15, -0.1) is 0 Å². The van der Waals surface area contributed by atoms with Crippen LogP contribution in [0.15, 0.2) is 52.9 Å². The molecular weight excluding hydrogens is 326 g/mol. The fourth-order valence-electron chi connectivity index (χ4n) is 3.65. The number of para-hydroxylation sites is 2. The van der Waals surface area contributed by atoms with E-state index < -0.39 is 0 Å². The monoisotopic (exact) mass is 351 g/mol. The number of hydrogen-bond donors (Lipinski definition) is 1. The molecule has 0 amide bonds. The van der Waals surface area contributed by atoms with E-state index in [2.05, 4.69) is 27.3 Å². The van der Waals surface area contributed by atoms with Crippen molar-refractivity contribution in [2.24, 2.45) is 0 Å². The summed E-state index contributed by atoms with van der Waals surface area (Å²) >= 11 is 0. The quantitative estimate of drug-likeness (QED) is 0.710. The highest BCUT2D eigenvalue weighted by atomic mass is 16.5. The van der Waals surface area contributed by atoms with Crippen LogP contribution in [-0.4, -0.2) is 36.6 Å². The Morgan fingerprint density at radius 1 is 1.08 bits per heavy atom. The predicted molar refractivity (Wildman–Crippen MR) is 104 cm³/mol. The van der Waals surface area contributed by atoms with Gasteiger partial charge in [0.2, 0.25) is 0 Å². The lowest BCUT2D eigenvalue weighted by atomic mass is 10.0. The summed E-state index contributed by atoms with van der Waals surface area (Å²) in [6.45, 7) is 3.02. The van der Waals surface area contributed by atoms with Crippen molar-refractivity contribution in [1.82, 2.24) is 9.88 Å². The minimum Gasteiger partial charge on any atom is -0.497 e. The maximum absolute atomic E-state index is 5.82. The zero-order valence-corrected chi connectivity index (χ0v) is 15.1. The van der Waals surface area contributed by atoms with Crippen molar-refractivity contribution in [2.75, 3.05) is 32.1 Å². The van der Waals surface area contributed by atoms with Crippen LogP contribution in [-0.2, 0) is 0 Å². The third-order valence-electron chi connectivity index (χ3n) is 5.07. The molecule has 0 aliphatic carbocycles.